The van der Waals surface area contributed by atoms with E-state index in [1.807, 2.05) is 0 Å². The van der Waals surface area contributed by atoms with Gasteiger partial charge in [0.2, 0.25) is 0 Å². The molecule has 0 unspecified atom stereocenters. The van der Waals surface area contributed by atoms with E-state index in [9.17, 15) is 0 Å². The Morgan fingerprint density at radius 3 is 1.89 bits per heavy atom. The SMILES string of the molecule is CC(C)(C)[NH+]1CC(O)C1. The van der Waals surface area contributed by atoms with Crippen LogP contribution in [0.2, 0.25) is 0 Å². The lowest BCUT2D eigenvalue weighted by Crippen LogP contribution is -3.27. The maximum Gasteiger partial charge on any atom is 0.152 e. The first-order valence-corrected chi connectivity index (χ1v) is 3.53. The van der Waals surface area contributed by atoms with Crippen LogP contribution in [0, 0.1) is 0 Å². The molecule has 2 nitrogen and oxygen atoms in total. The molecule has 2 N–H and O–H groups in total. The summed E-state index contributed by atoms with van der Waals surface area (Å²) in [5.41, 5.74) is 0.333. The standard InChI is InChI=1S/C7H15NO/c1-7(2,3)8-4-6(9)5-8/h6,9H,4-5H2,1-3H3/p+1. The van der Waals surface area contributed by atoms with Gasteiger partial charge in [0.15, 0.2) is 6.10 Å². The van der Waals surface area contributed by atoms with E-state index < -0.39 is 0 Å². The van der Waals surface area contributed by atoms with Crippen molar-refractivity contribution in [3.8, 4) is 0 Å². The van der Waals surface area contributed by atoms with Crippen molar-refractivity contribution in [2.24, 2.45) is 0 Å². The molecule has 0 radical (unpaired) electrons. The third kappa shape index (κ3) is 1.43. The highest BCUT2D eigenvalue weighted by molar-refractivity contribution is 4.67. The number of hydrogen-bond donors (Lipinski definition) is 2. The van der Waals surface area contributed by atoms with Crippen molar-refractivity contribution in [2.75, 3.05) is 13.1 Å². The highest BCUT2D eigenvalue weighted by atomic mass is 16.3. The Kier molecular flexibility index (Phi) is 1.53. The van der Waals surface area contributed by atoms with Crippen molar-refractivity contribution in [3.63, 3.8) is 0 Å². The van der Waals surface area contributed by atoms with Crippen LogP contribution in [0.3, 0.4) is 0 Å². The Balaban J connectivity index is 2.32. The van der Waals surface area contributed by atoms with Gasteiger partial charge in [-0.2, -0.15) is 0 Å². The van der Waals surface area contributed by atoms with Gasteiger partial charge in [-0.3, -0.25) is 0 Å². The minimum Gasteiger partial charge on any atom is -0.382 e. The van der Waals surface area contributed by atoms with Gasteiger partial charge in [-0.15, -0.1) is 0 Å². The van der Waals surface area contributed by atoms with Crippen molar-refractivity contribution in [1.29, 1.82) is 0 Å². The minimum atomic E-state index is -0.0285. The zero-order chi connectivity index (χ0) is 7.07. The van der Waals surface area contributed by atoms with Crippen LogP contribution in [0.1, 0.15) is 20.8 Å². The molecule has 0 aromatic carbocycles. The fraction of sp³-hybridized carbons (Fsp3) is 1.00. The first-order chi connectivity index (χ1) is 4.00. The predicted molar refractivity (Wildman–Crippen MR) is 36.5 cm³/mol. The molecule has 0 saturated carbocycles. The summed E-state index contributed by atoms with van der Waals surface area (Å²) >= 11 is 0. The van der Waals surface area contributed by atoms with E-state index in [2.05, 4.69) is 20.8 Å². The quantitative estimate of drug-likeness (QED) is 0.434. The van der Waals surface area contributed by atoms with E-state index in [1.54, 1.807) is 0 Å². The third-order valence-electron chi connectivity index (χ3n) is 2.02. The number of rotatable bonds is 0. The molecule has 0 atom stereocenters. The molecule has 0 aromatic rings. The summed E-state index contributed by atoms with van der Waals surface area (Å²) in [7, 11) is 0. The molecule has 0 amide bonds. The van der Waals surface area contributed by atoms with Crippen molar-refractivity contribution in [3.05, 3.63) is 0 Å². The summed E-state index contributed by atoms with van der Waals surface area (Å²) in [6.45, 7) is 8.48. The summed E-state index contributed by atoms with van der Waals surface area (Å²) in [4.78, 5) is 1.51. The molecule has 1 heterocycles. The Hall–Kier alpha value is -0.0800. The average Bonchev–Trinajstić information content (AvgIpc) is 1.55. The second kappa shape index (κ2) is 1.96. The molecule has 1 saturated heterocycles. The molecule has 2 heteroatoms. The molecule has 0 bridgehead atoms. The summed E-state index contributed by atoms with van der Waals surface area (Å²) < 4.78 is 0. The van der Waals surface area contributed by atoms with Gasteiger partial charge in [0, 0.05) is 0 Å². The van der Waals surface area contributed by atoms with E-state index in [1.165, 1.54) is 4.90 Å². The van der Waals surface area contributed by atoms with Gasteiger partial charge in [-0.1, -0.05) is 0 Å². The van der Waals surface area contributed by atoms with Crippen LogP contribution in [0.25, 0.3) is 0 Å². The van der Waals surface area contributed by atoms with Gasteiger partial charge in [0.1, 0.15) is 13.1 Å². The summed E-state index contributed by atoms with van der Waals surface area (Å²) in [6.07, 6.45) is -0.0285. The third-order valence-corrected chi connectivity index (χ3v) is 2.02. The fourth-order valence-electron chi connectivity index (χ4n) is 1.12. The average molecular weight is 130 g/mol. The Morgan fingerprint density at radius 1 is 1.33 bits per heavy atom. The van der Waals surface area contributed by atoms with Gasteiger partial charge < -0.3 is 10.0 Å². The van der Waals surface area contributed by atoms with Crippen LogP contribution in [0.5, 0.6) is 0 Å². The first-order valence-electron chi connectivity index (χ1n) is 3.53. The Morgan fingerprint density at radius 2 is 1.78 bits per heavy atom. The van der Waals surface area contributed by atoms with Gasteiger partial charge in [-0.05, 0) is 20.8 Å². The zero-order valence-electron chi connectivity index (χ0n) is 6.44. The van der Waals surface area contributed by atoms with Crippen LogP contribution in [-0.2, 0) is 0 Å². The Labute approximate surface area is 56.5 Å². The lowest BCUT2D eigenvalue weighted by atomic mass is 9.99. The topological polar surface area (TPSA) is 24.7 Å². The highest BCUT2D eigenvalue weighted by Gasteiger charge is 2.37. The molecular formula is C7H16NO+. The lowest BCUT2D eigenvalue weighted by molar-refractivity contribution is -0.991. The molecule has 1 aliphatic heterocycles. The smallest absolute Gasteiger partial charge is 0.152 e. The van der Waals surface area contributed by atoms with E-state index in [4.69, 9.17) is 5.11 Å². The van der Waals surface area contributed by atoms with Crippen molar-refractivity contribution in [1.82, 2.24) is 0 Å². The normalized spacial score (nSPS) is 36.0. The first kappa shape index (κ1) is 7.03. The number of aliphatic hydroxyl groups excluding tert-OH is 1. The van der Waals surface area contributed by atoms with E-state index in [-0.39, 0.29) is 6.10 Å². The van der Waals surface area contributed by atoms with Gasteiger partial charge in [0.05, 0.1) is 5.54 Å². The number of likely N-dealkylation sites (tertiary alicyclic amines) is 1. The molecule has 1 rings (SSSR count). The Bertz CT molecular complexity index is 100.0. The van der Waals surface area contributed by atoms with E-state index in [0.717, 1.165) is 13.1 Å². The fourth-order valence-corrected chi connectivity index (χ4v) is 1.12. The molecule has 0 aliphatic carbocycles. The van der Waals surface area contributed by atoms with E-state index >= 15 is 0 Å². The van der Waals surface area contributed by atoms with Crippen LogP contribution in [-0.4, -0.2) is 29.8 Å². The molecule has 54 valence electrons. The van der Waals surface area contributed by atoms with Crippen LogP contribution in [0.4, 0.5) is 0 Å². The zero-order valence-corrected chi connectivity index (χ0v) is 6.44. The van der Waals surface area contributed by atoms with Gasteiger partial charge in [-0.25, -0.2) is 0 Å². The molecule has 9 heavy (non-hydrogen) atoms. The van der Waals surface area contributed by atoms with Gasteiger partial charge in [0.25, 0.3) is 0 Å². The predicted octanol–water partition coefficient (Wildman–Crippen LogP) is -0.956. The van der Waals surface area contributed by atoms with Crippen molar-refractivity contribution >= 4 is 0 Å². The largest absolute Gasteiger partial charge is 0.382 e. The van der Waals surface area contributed by atoms with Crippen LogP contribution < -0.4 is 4.90 Å². The second-order valence-corrected chi connectivity index (χ2v) is 3.92. The minimum absolute atomic E-state index is 0.0285. The molecular weight excluding hydrogens is 114 g/mol. The highest BCUT2D eigenvalue weighted by Crippen LogP contribution is 1.97. The summed E-state index contributed by atoms with van der Waals surface area (Å²) in [6, 6.07) is 0. The summed E-state index contributed by atoms with van der Waals surface area (Å²) in [5, 5.41) is 8.96. The number of quaternary nitrogens is 1. The number of nitrogens with one attached hydrogen (secondary N) is 1. The van der Waals surface area contributed by atoms with Crippen molar-refractivity contribution < 1.29 is 10.0 Å². The number of aliphatic hydroxyl groups is 1. The van der Waals surface area contributed by atoms with E-state index in [0.29, 0.717) is 5.54 Å². The molecule has 1 fully saturated rings. The molecule has 1 aliphatic rings. The summed E-state index contributed by atoms with van der Waals surface area (Å²) in [5.74, 6) is 0. The molecule has 0 spiro atoms. The maximum absolute atomic E-state index is 8.96. The second-order valence-electron chi connectivity index (χ2n) is 3.92. The van der Waals surface area contributed by atoms with Crippen molar-refractivity contribution in [2.45, 2.75) is 32.4 Å². The van der Waals surface area contributed by atoms with Crippen LogP contribution in [0.15, 0.2) is 0 Å². The monoisotopic (exact) mass is 130 g/mol. The number of hydrogen-bond acceptors (Lipinski definition) is 1. The molecule has 0 aromatic heterocycles. The lowest BCUT2D eigenvalue weighted by Gasteiger charge is -2.41. The van der Waals surface area contributed by atoms with Crippen LogP contribution >= 0.6 is 0 Å². The van der Waals surface area contributed by atoms with Gasteiger partial charge >= 0.3 is 0 Å². The maximum atomic E-state index is 8.96.